The summed E-state index contributed by atoms with van der Waals surface area (Å²) in [6, 6.07) is 9.42. The van der Waals surface area contributed by atoms with E-state index in [1.54, 1.807) is 24.3 Å². The summed E-state index contributed by atoms with van der Waals surface area (Å²) in [6.45, 7) is 1.85. The summed E-state index contributed by atoms with van der Waals surface area (Å²) in [6.07, 6.45) is -0.0781. The van der Waals surface area contributed by atoms with E-state index in [1.807, 2.05) is 6.92 Å². The van der Waals surface area contributed by atoms with E-state index in [0.29, 0.717) is 10.6 Å². The molecule has 4 heteroatoms. The van der Waals surface area contributed by atoms with Crippen molar-refractivity contribution in [3.05, 3.63) is 69.0 Å². The molecule has 0 atom stereocenters. The van der Waals surface area contributed by atoms with Crippen molar-refractivity contribution in [3.63, 3.8) is 0 Å². The Labute approximate surface area is 121 Å². The molecule has 0 saturated carbocycles. The largest absolute Gasteiger partial charge is 0.294 e. The average molecular weight is 297 g/mol. The Bertz CT molecular complexity index is 598. The van der Waals surface area contributed by atoms with Crippen LogP contribution in [0.3, 0.4) is 0 Å². The van der Waals surface area contributed by atoms with Gasteiger partial charge < -0.3 is 0 Å². The van der Waals surface area contributed by atoms with Gasteiger partial charge in [0.15, 0.2) is 5.78 Å². The van der Waals surface area contributed by atoms with Crippen molar-refractivity contribution in [3.8, 4) is 0 Å². The van der Waals surface area contributed by atoms with Gasteiger partial charge in [-0.3, -0.25) is 4.79 Å². The van der Waals surface area contributed by atoms with E-state index in [4.69, 9.17) is 23.2 Å². The zero-order chi connectivity index (χ0) is 14.0. The van der Waals surface area contributed by atoms with Crippen LogP contribution in [0, 0.1) is 12.7 Å². The Kier molecular flexibility index (Phi) is 4.23. The summed E-state index contributed by atoms with van der Waals surface area (Å²) in [7, 11) is 0. The normalized spacial score (nSPS) is 10.5. The fraction of sp³-hybridized carbons (Fsp3) is 0.133. The maximum Gasteiger partial charge on any atom is 0.167 e. The van der Waals surface area contributed by atoms with Crippen LogP contribution in [-0.4, -0.2) is 5.78 Å². The molecule has 0 saturated heterocycles. The highest BCUT2D eigenvalue weighted by atomic mass is 35.5. The average Bonchev–Trinajstić information content (AvgIpc) is 2.32. The summed E-state index contributed by atoms with van der Waals surface area (Å²) in [5.41, 5.74) is 1.56. The minimum atomic E-state index is -0.473. The van der Waals surface area contributed by atoms with Crippen LogP contribution in [0.25, 0.3) is 0 Å². The summed E-state index contributed by atoms with van der Waals surface area (Å²) in [4.78, 5) is 12.1. The Morgan fingerprint density at radius 3 is 2.58 bits per heavy atom. The molecular weight excluding hydrogens is 286 g/mol. The van der Waals surface area contributed by atoms with Crippen LogP contribution in [0.4, 0.5) is 4.39 Å². The highest BCUT2D eigenvalue weighted by Crippen LogP contribution is 2.22. The molecule has 0 N–H and O–H groups in total. The zero-order valence-electron chi connectivity index (χ0n) is 10.2. The van der Waals surface area contributed by atoms with Gasteiger partial charge in [-0.05, 0) is 42.8 Å². The second kappa shape index (κ2) is 5.72. The van der Waals surface area contributed by atoms with Crippen LogP contribution >= 0.6 is 23.2 Å². The molecule has 0 aromatic heterocycles. The highest BCUT2D eigenvalue weighted by Gasteiger charge is 2.14. The first kappa shape index (κ1) is 14.0. The molecular formula is C15H11Cl2FO. The van der Waals surface area contributed by atoms with Gasteiger partial charge in [0.25, 0.3) is 0 Å². The molecule has 0 aliphatic heterocycles. The van der Waals surface area contributed by atoms with Crippen molar-refractivity contribution in [2.45, 2.75) is 13.3 Å². The van der Waals surface area contributed by atoms with Crippen LogP contribution < -0.4 is 0 Å². The van der Waals surface area contributed by atoms with Crippen molar-refractivity contribution in [2.75, 3.05) is 0 Å². The third-order valence-corrected chi connectivity index (χ3v) is 3.34. The van der Waals surface area contributed by atoms with Crippen LogP contribution in [0.2, 0.25) is 10.0 Å². The van der Waals surface area contributed by atoms with Gasteiger partial charge >= 0.3 is 0 Å². The molecule has 0 amide bonds. The van der Waals surface area contributed by atoms with Crippen molar-refractivity contribution >= 4 is 29.0 Å². The maximum atomic E-state index is 13.6. The fourth-order valence-electron chi connectivity index (χ4n) is 1.86. The second-order valence-electron chi connectivity index (χ2n) is 4.32. The molecule has 0 fully saturated rings. The first-order valence-electron chi connectivity index (χ1n) is 5.70. The first-order valence-corrected chi connectivity index (χ1v) is 6.46. The number of aryl methyl sites for hydroxylation is 1. The Balaban J connectivity index is 2.31. The summed E-state index contributed by atoms with van der Waals surface area (Å²) >= 11 is 11.8. The molecule has 0 bridgehead atoms. The zero-order valence-corrected chi connectivity index (χ0v) is 11.7. The van der Waals surface area contributed by atoms with Gasteiger partial charge in [-0.25, -0.2) is 4.39 Å². The molecule has 0 aliphatic carbocycles. The van der Waals surface area contributed by atoms with E-state index in [0.717, 1.165) is 5.56 Å². The van der Waals surface area contributed by atoms with Crippen molar-refractivity contribution in [1.29, 1.82) is 0 Å². The molecule has 0 aliphatic rings. The molecule has 19 heavy (non-hydrogen) atoms. The number of rotatable bonds is 3. The number of carbonyl (C=O) groups is 1. The van der Waals surface area contributed by atoms with E-state index in [-0.39, 0.29) is 22.8 Å². The van der Waals surface area contributed by atoms with E-state index >= 15 is 0 Å². The molecule has 0 radical (unpaired) electrons. The van der Waals surface area contributed by atoms with Gasteiger partial charge in [-0.2, -0.15) is 0 Å². The maximum absolute atomic E-state index is 13.6. The van der Waals surface area contributed by atoms with Gasteiger partial charge in [0.1, 0.15) is 5.82 Å². The van der Waals surface area contributed by atoms with Crippen molar-refractivity contribution < 1.29 is 9.18 Å². The third-order valence-electron chi connectivity index (χ3n) is 2.76. The lowest BCUT2D eigenvalue weighted by Gasteiger charge is -2.06. The van der Waals surface area contributed by atoms with Gasteiger partial charge in [-0.15, -0.1) is 0 Å². The molecule has 0 unspecified atom stereocenters. The minimum Gasteiger partial charge on any atom is -0.294 e. The number of hydrogen-bond acceptors (Lipinski definition) is 1. The topological polar surface area (TPSA) is 17.1 Å². The van der Waals surface area contributed by atoms with Gasteiger partial charge in [-0.1, -0.05) is 29.3 Å². The molecule has 2 aromatic carbocycles. The number of halogens is 3. The second-order valence-corrected chi connectivity index (χ2v) is 5.16. The summed E-state index contributed by atoms with van der Waals surface area (Å²) < 4.78 is 13.6. The highest BCUT2D eigenvalue weighted by molar-refractivity contribution is 6.32. The lowest BCUT2D eigenvalue weighted by molar-refractivity contribution is 0.0991. The minimum absolute atomic E-state index is 0.0781. The van der Waals surface area contributed by atoms with Crippen LogP contribution in [-0.2, 0) is 6.42 Å². The molecule has 1 nitrogen and oxygen atoms in total. The van der Waals surface area contributed by atoms with Crippen LogP contribution in [0.1, 0.15) is 21.5 Å². The van der Waals surface area contributed by atoms with E-state index in [2.05, 4.69) is 0 Å². The summed E-state index contributed by atoms with van der Waals surface area (Å²) in [5, 5.41) is 0.745. The van der Waals surface area contributed by atoms with Gasteiger partial charge in [0.2, 0.25) is 0 Å². The van der Waals surface area contributed by atoms with Gasteiger partial charge in [0, 0.05) is 27.6 Å². The van der Waals surface area contributed by atoms with Crippen LogP contribution in [0.15, 0.2) is 36.4 Å². The number of ketones is 1. The van der Waals surface area contributed by atoms with Crippen molar-refractivity contribution in [1.82, 2.24) is 0 Å². The third kappa shape index (κ3) is 3.34. The Morgan fingerprint density at radius 2 is 1.95 bits per heavy atom. The van der Waals surface area contributed by atoms with E-state index in [1.165, 1.54) is 12.1 Å². The molecule has 0 spiro atoms. The lowest BCUT2D eigenvalue weighted by Crippen LogP contribution is -2.06. The number of Topliss-reactive ketones (excluding diaryl/α,β-unsaturated/α-hetero) is 1. The monoisotopic (exact) mass is 296 g/mol. The molecule has 98 valence electrons. The quantitative estimate of drug-likeness (QED) is 0.739. The molecule has 2 aromatic rings. The number of carbonyl (C=O) groups excluding carboxylic acids is 1. The summed E-state index contributed by atoms with van der Waals surface area (Å²) in [5.74, 6) is -0.683. The smallest absolute Gasteiger partial charge is 0.167 e. The lowest BCUT2D eigenvalue weighted by atomic mass is 10.0. The van der Waals surface area contributed by atoms with E-state index in [9.17, 15) is 9.18 Å². The standard InChI is InChI=1S/C15H11Cl2FO/c1-9-5-10(7-11(16)6-9)15(19)8-12-13(17)3-2-4-14(12)18/h2-7H,8H2,1H3. The molecule has 0 heterocycles. The predicted molar refractivity (Wildman–Crippen MR) is 75.6 cm³/mol. The predicted octanol–water partition coefficient (Wildman–Crippen LogP) is 4.87. The van der Waals surface area contributed by atoms with Crippen molar-refractivity contribution in [2.24, 2.45) is 0 Å². The number of hydrogen-bond donors (Lipinski definition) is 0. The number of benzene rings is 2. The Morgan fingerprint density at radius 1 is 1.21 bits per heavy atom. The molecule has 2 rings (SSSR count). The van der Waals surface area contributed by atoms with E-state index < -0.39 is 5.82 Å². The van der Waals surface area contributed by atoms with Gasteiger partial charge in [0.05, 0.1) is 0 Å². The SMILES string of the molecule is Cc1cc(Cl)cc(C(=O)Cc2c(F)cccc2Cl)c1. The first-order chi connectivity index (χ1) is 8.97. The Hall–Kier alpha value is -1.38. The van der Waals surface area contributed by atoms with Crippen LogP contribution in [0.5, 0.6) is 0 Å². The fourth-order valence-corrected chi connectivity index (χ4v) is 2.38.